The average Bonchev–Trinajstić information content (AvgIpc) is 3.85. The summed E-state index contributed by atoms with van der Waals surface area (Å²) in [6, 6.07) is 33.1. The van der Waals surface area contributed by atoms with Gasteiger partial charge in [0.15, 0.2) is 11.2 Å². The standard InChI is InChI=1S/C42H43N2O2.C15H15FN.Ir/c1-22(2)26-18-32(23(3)4)37(33(19-26)24(5)6)30-13-11-12-27-28-16-17-31-36-25(7)14-15-29(34-20-35(42(8,9)10)44-21-43-34)39(36)46-41(31)40(28)45-38(27)30;1-15(2,3)12-6-9-14(17-10-12)11-4-7-13(16)8-5-11;/h11-14,16-24H,1-10H3;4,6-10H,1-3H3;/q2*-1;/i7D3;;. The first kappa shape index (κ1) is 42.5. The number of hydrogen-bond acceptors (Lipinski definition) is 5. The van der Waals surface area contributed by atoms with Crippen LogP contribution in [-0.4, -0.2) is 15.0 Å². The van der Waals surface area contributed by atoms with E-state index in [2.05, 4.69) is 147 Å². The van der Waals surface area contributed by atoms with Gasteiger partial charge in [0.25, 0.3) is 0 Å². The molecule has 0 saturated carbocycles. The minimum Gasteiger partial charge on any atom is -0.497 e. The molecule has 0 unspecified atom stereocenters. The van der Waals surface area contributed by atoms with Crippen LogP contribution in [0.3, 0.4) is 0 Å². The molecule has 0 aliphatic carbocycles. The van der Waals surface area contributed by atoms with Gasteiger partial charge >= 0.3 is 0 Å². The molecule has 0 fully saturated rings. The minimum atomic E-state index is -2.38. The summed E-state index contributed by atoms with van der Waals surface area (Å²) in [6.07, 6.45) is 3.41. The number of para-hydroxylation sites is 1. The van der Waals surface area contributed by atoms with Gasteiger partial charge in [-0.05, 0) is 68.4 Å². The molecule has 64 heavy (non-hydrogen) atoms. The Kier molecular flexibility index (Phi) is 11.8. The van der Waals surface area contributed by atoms with Crippen LogP contribution in [0.4, 0.5) is 4.39 Å². The Morgan fingerprint density at radius 3 is 1.91 bits per heavy atom. The van der Waals surface area contributed by atoms with E-state index in [9.17, 15) is 4.39 Å². The van der Waals surface area contributed by atoms with Crippen molar-refractivity contribution in [2.45, 2.75) is 119 Å². The quantitative estimate of drug-likeness (QED) is 0.155. The molecule has 5 aromatic carbocycles. The number of benzene rings is 5. The second-order valence-electron chi connectivity index (χ2n) is 19.7. The molecule has 0 saturated heterocycles. The summed E-state index contributed by atoms with van der Waals surface area (Å²) in [5.74, 6) is 0.750. The maximum atomic E-state index is 12.8. The van der Waals surface area contributed by atoms with Gasteiger partial charge < -0.3 is 13.8 Å². The van der Waals surface area contributed by atoms with Crippen molar-refractivity contribution in [2.24, 2.45) is 0 Å². The summed E-state index contributed by atoms with van der Waals surface area (Å²) < 4.78 is 51.6. The van der Waals surface area contributed by atoms with Crippen LogP contribution < -0.4 is 0 Å². The molecule has 7 heteroatoms. The number of halogens is 1. The van der Waals surface area contributed by atoms with E-state index in [0.29, 0.717) is 56.5 Å². The van der Waals surface area contributed by atoms with Gasteiger partial charge in [0.1, 0.15) is 11.9 Å². The first-order chi connectivity index (χ1) is 31.0. The number of aryl methyl sites for hydroxylation is 1. The minimum absolute atomic E-state index is 0. The first-order valence-electron chi connectivity index (χ1n) is 23.4. The molecule has 0 aliphatic rings. The van der Waals surface area contributed by atoms with E-state index in [0.717, 1.165) is 38.9 Å². The third-order valence-electron chi connectivity index (χ3n) is 12.0. The molecule has 4 heterocycles. The van der Waals surface area contributed by atoms with E-state index in [1.54, 1.807) is 18.5 Å². The molecule has 4 aromatic heterocycles. The van der Waals surface area contributed by atoms with Crippen LogP contribution in [0.1, 0.15) is 138 Å². The van der Waals surface area contributed by atoms with Gasteiger partial charge in [-0.25, -0.2) is 4.98 Å². The number of rotatable bonds is 6. The average molecular weight is 1030 g/mol. The van der Waals surface area contributed by atoms with Crippen LogP contribution in [0.15, 0.2) is 106 Å². The van der Waals surface area contributed by atoms with Gasteiger partial charge in [-0.2, -0.15) is 0 Å². The molecule has 0 amide bonds. The molecule has 0 spiro atoms. The second kappa shape index (κ2) is 17.8. The van der Waals surface area contributed by atoms with Gasteiger partial charge in [0, 0.05) is 69.1 Å². The van der Waals surface area contributed by atoms with Gasteiger partial charge in [-0.3, -0.25) is 9.37 Å². The Morgan fingerprint density at radius 2 is 1.31 bits per heavy atom. The van der Waals surface area contributed by atoms with Crippen molar-refractivity contribution in [1.29, 1.82) is 0 Å². The van der Waals surface area contributed by atoms with E-state index in [4.69, 9.17) is 12.9 Å². The Morgan fingerprint density at radius 1 is 0.641 bits per heavy atom. The van der Waals surface area contributed by atoms with E-state index < -0.39 is 6.85 Å². The number of aromatic nitrogens is 3. The molecule has 0 N–H and O–H groups in total. The largest absolute Gasteiger partial charge is 0.497 e. The van der Waals surface area contributed by atoms with Crippen molar-refractivity contribution in [1.82, 2.24) is 15.0 Å². The van der Waals surface area contributed by atoms with Crippen LogP contribution in [0.5, 0.6) is 0 Å². The maximum Gasteiger partial charge on any atom is 0.177 e. The Hall–Kier alpha value is -5.49. The van der Waals surface area contributed by atoms with Crippen LogP contribution in [0, 0.1) is 24.8 Å². The summed E-state index contributed by atoms with van der Waals surface area (Å²) >= 11 is 0. The van der Waals surface area contributed by atoms with Crippen molar-refractivity contribution in [3.05, 3.63) is 149 Å². The predicted molar refractivity (Wildman–Crippen MR) is 259 cm³/mol. The van der Waals surface area contributed by atoms with Crippen molar-refractivity contribution in [3.63, 3.8) is 0 Å². The molecule has 0 aliphatic heterocycles. The number of fused-ring (bicyclic) bond motifs is 7. The fourth-order valence-electron chi connectivity index (χ4n) is 8.26. The van der Waals surface area contributed by atoms with Gasteiger partial charge in [0.2, 0.25) is 0 Å². The molecular formula is C57H58FIrN3O2-2. The van der Waals surface area contributed by atoms with Crippen molar-refractivity contribution < 1.29 is 37.4 Å². The molecular weight excluding hydrogens is 970 g/mol. The SMILES string of the molecule is CC(C)(C)c1ccc(-c2[c-]cc(F)cc2)nc1.[2H]C([2H])([2H])c1c[c-]c(-c2cc(C(C)(C)C)ncn2)c2oc3c(ccc4c5cccc(-c6c(C(C)C)cc(C(C)C)cc6C(C)C)c5oc43)c12.[Ir]. The van der Waals surface area contributed by atoms with Crippen LogP contribution >= 0.6 is 0 Å². The van der Waals surface area contributed by atoms with Crippen LogP contribution in [0.25, 0.3) is 77.5 Å². The summed E-state index contributed by atoms with van der Waals surface area (Å²) in [7, 11) is 0. The zero-order chi connectivity index (χ0) is 47.6. The molecule has 9 rings (SSSR count). The number of pyridine rings is 1. The summed E-state index contributed by atoms with van der Waals surface area (Å²) in [4.78, 5) is 13.5. The normalized spacial score (nSPS) is 13.1. The second-order valence-corrected chi connectivity index (χ2v) is 19.7. The third-order valence-corrected chi connectivity index (χ3v) is 12.0. The Balaban J connectivity index is 0.000000312. The molecule has 331 valence electrons. The predicted octanol–water partition coefficient (Wildman–Crippen LogP) is 16.4. The van der Waals surface area contributed by atoms with E-state index >= 15 is 0 Å². The van der Waals surface area contributed by atoms with Crippen molar-refractivity contribution >= 4 is 43.9 Å². The van der Waals surface area contributed by atoms with E-state index in [1.807, 2.05) is 30.5 Å². The summed E-state index contributed by atoms with van der Waals surface area (Å²) in [5, 5.41) is 3.11. The number of hydrogen-bond donors (Lipinski definition) is 0. The van der Waals surface area contributed by atoms with Gasteiger partial charge in [-0.15, -0.1) is 47.5 Å². The molecule has 0 bridgehead atoms. The molecule has 9 aromatic rings. The zero-order valence-corrected chi connectivity index (χ0v) is 41.2. The van der Waals surface area contributed by atoms with Gasteiger partial charge in [0.05, 0.1) is 5.58 Å². The van der Waals surface area contributed by atoms with Crippen LogP contribution in [0.2, 0.25) is 0 Å². The van der Waals surface area contributed by atoms with E-state index in [-0.39, 0.29) is 42.3 Å². The summed E-state index contributed by atoms with van der Waals surface area (Å²) in [6.45, 7) is 23.8. The van der Waals surface area contributed by atoms with E-state index in [1.165, 1.54) is 39.9 Å². The smallest absolute Gasteiger partial charge is 0.177 e. The molecule has 0 atom stereocenters. The number of nitrogens with zero attached hydrogens (tertiary/aromatic N) is 3. The van der Waals surface area contributed by atoms with Crippen molar-refractivity contribution in [2.75, 3.05) is 0 Å². The van der Waals surface area contributed by atoms with Crippen molar-refractivity contribution in [3.8, 4) is 33.6 Å². The first-order valence-corrected chi connectivity index (χ1v) is 21.9. The molecule has 5 nitrogen and oxygen atoms in total. The van der Waals surface area contributed by atoms with Gasteiger partial charge in [-0.1, -0.05) is 155 Å². The summed E-state index contributed by atoms with van der Waals surface area (Å²) in [5.41, 5.74) is 13.5. The third kappa shape index (κ3) is 8.82. The molecule has 1 radical (unpaired) electrons. The maximum absolute atomic E-state index is 12.8. The fourth-order valence-corrected chi connectivity index (χ4v) is 8.26. The Labute approximate surface area is 395 Å². The topological polar surface area (TPSA) is 65.0 Å². The monoisotopic (exact) mass is 1030 g/mol. The fraction of sp³-hybridized carbons (Fsp3) is 0.316. The van der Waals surface area contributed by atoms with Crippen LogP contribution in [-0.2, 0) is 30.9 Å². The zero-order valence-electron chi connectivity index (χ0n) is 41.8. The number of furan rings is 2. The Bertz CT molecular complexity index is 3210.